The summed E-state index contributed by atoms with van der Waals surface area (Å²) in [7, 11) is 1.79. The number of hydrogen-bond donors (Lipinski definition) is 1. The van der Waals surface area contributed by atoms with Crippen LogP contribution in [-0.2, 0) is 18.3 Å². The summed E-state index contributed by atoms with van der Waals surface area (Å²) in [6.45, 7) is 0. The molecule has 0 amide bonds. The third-order valence-electron chi connectivity index (χ3n) is 2.00. The van der Waals surface area contributed by atoms with Crippen LogP contribution in [0.3, 0.4) is 0 Å². The lowest BCUT2D eigenvalue weighted by molar-refractivity contribution is -0.136. The molecule has 0 atom stereocenters. The molecular weight excluding hydrogens is 212 g/mol. The van der Waals surface area contributed by atoms with Crippen molar-refractivity contribution in [1.82, 2.24) is 9.78 Å². The van der Waals surface area contributed by atoms with Gasteiger partial charge in [-0.25, -0.2) is 0 Å². The Balaban J connectivity index is 2.42. The Morgan fingerprint density at radius 1 is 1.67 bits per heavy atom. The fourth-order valence-corrected chi connectivity index (χ4v) is 2.20. The zero-order valence-electron chi connectivity index (χ0n) is 8.17. The SMILES string of the molecule is Cn1cc(CC(=O)O)c(-c2cccs2)n1. The van der Waals surface area contributed by atoms with E-state index in [0.29, 0.717) is 0 Å². The molecule has 2 aromatic heterocycles. The van der Waals surface area contributed by atoms with Gasteiger partial charge >= 0.3 is 5.97 Å². The number of aromatic nitrogens is 2. The van der Waals surface area contributed by atoms with E-state index in [4.69, 9.17) is 5.11 Å². The van der Waals surface area contributed by atoms with E-state index in [1.807, 2.05) is 17.5 Å². The maximum Gasteiger partial charge on any atom is 0.307 e. The highest BCUT2D eigenvalue weighted by atomic mass is 32.1. The Hall–Kier alpha value is -1.62. The van der Waals surface area contributed by atoms with Crippen LogP contribution in [0.15, 0.2) is 23.7 Å². The normalized spacial score (nSPS) is 10.5. The molecule has 5 heteroatoms. The average molecular weight is 222 g/mol. The summed E-state index contributed by atoms with van der Waals surface area (Å²) < 4.78 is 1.65. The second-order valence-electron chi connectivity index (χ2n) is 3.22. The molecule has 78 valence electrons. The van der Waals surface area contributed by atoms with Crippen LogP contribution in [0.25, 0.3) is 10.6 Å². The Morgan fingerprint density at radius 2 is 2.47 bits per heavy atom. The van der Waals surface area contributed by atoms with Gasteiger partial charge in [0.2, 0.25) is 0 Å². The van der Waals surface area contributed by atoms with Crippen molar-refractivity contribution in [2.75, 3.05) is 0 Å². The monoisotopic (exact) mass is 222 g/mol. The van der Waals surface area contributed by atoms with Crippen LogP contribution in [0.4, 0.5) is 0 Å². The summed E-state index contributed by atoms with van der Waals surface area (Å²) in [6.07, 6.45) is 1.77. The van der Waals surface area contributed by atoms with Crippen molar-refractivity contribution in [1.29, 1.82) is 0 Å². The van der Waals surface area contributed by atoms with Crippen molar-refractivity contribution in [2.45, 2.75) is 6.42 Å². The van der Waals surface area contributed by atoms with Crippen LogP contribution in [0, 0.1) is 0 Å². The van der Waals surface area contributed by atoms with E-state index in [1.54, 1.807) is 29.3 Å². The lowest BCUT2D eigenvalue weighted by Crippen LogP contribution is -1.99. The first-order valence-corrected chi connectivity index (χ1v) is 5.33. The predicted molar refractivity (Wildman–Crippen MR) is 57.9 cm³/mol. The summed E-state index contributed by atoms with van der Waals surface area (Å²) >= 11 is 1.56. The summed E-state index contributed by atoms with van der Waals surface area (Å²) in [6, 6.07) is 3.87. The van der Waals surface area contributed by atoms with Crippen LogP contribution in [0.1, 0.15) is 5.56 Å². The molecule has 0 aliphatic carbocycles. The van der Waals surface area contributed by atoms with Crippen LogP contribution in [0.2, 0.25) is 0 Å². The first-order chi connectivity index (χ1) is 7.16. The lowest BCUT2D eigenvalue weighted by atomic mass is 10.1. The summed E-state index contributed by atoms with van der Waals surface area (Å²) in [4.78, 5) is 11.7. The molecule has 0 aromatic carbocycles. The largest absolute Gasteiger partial charge is 0.481 e. The second kappa shape index (κ2) is 3.86. The number of aliphatic carboxylic acids is 1. The zero-order valence-corrected chi connectivity index (χ0v) is 8.99. The molecule has 0 unspecified atom stereocenters. The Morgan fingerprint density at radius 3 is 3.07 bits per heavy atom. The molecule has 0 bridgehead atoms. The number of carboxylic acid groups (broad SMARTS) is 1. The van der Waals surface area contributed by atoms with E-state index in [9.17, 15) is 4.79 Å². The smallest absolute Gasteiger partial charge is 0.307 e. The van der Waals surface area contributed by atoms with Crippen molar-refractivity contribution in [3.8, 4) is 10.6 Å². The minimum atomic E-state index is -0.833. The van der Waals surface area contributed by atoms with Gasteiger partial charge in [-0.1, -0.05) is 6.07 Å². The molecule has 15 heavy (non-hydrogen) atoms. The molecule has 2 heterocycles. The van der Waals surface area contributed by atoms with Crippen molar-refractivity contribution in [3.05, 3.63) is 29.3 Å². The molecule has 0 radical (unpaired) electrons. The molecular formula is C10H10N2O2S. The summed E-state index contributed by atoms with van der Waals surface area (Å²) in [5, 5.41) is 15.0. The highest BCUT2D eigenvalue weighted by Crippen LogP contribution is 2.26. The Bertz CT molecular complexity index is 474. The van der Waals surface area contributed by atoms with Gasteiger partial charge in [0.25, 0.3) is 0 Å². The predicted octanol–water partition coefficient (Wildman–Crippen LogP) is 1.78. The maximum absolute atomic E-state index is 10.7. The molecule has 0 saturated heterocycles. The van der Waals surface area contributed by atoms with Gasteiger partial charge in [0.1, 0.15) is 5.69 Å². The molecule has 4 nitrogen and oxygen atoms in total. The number of hydrogen-bond acceptors (Lipinski definition) is 3. The van der Waals surface area contributed by atoms with Crippen LogP contribution in [0.5, 0.6) is 0 Å². The third-order valence-corrected chi connectivity index (χ3v) is 2.88. The molecule has 0 spiro atoms. The van der Waals surface area contributed by atoms with Gasteiger partial charge in [0.15, 0.2) is 0 Å². The van der Waals surface area contributed by atoms with Gasteiger partial charge in [-0.2, -0.15) is 5.10 Å². The lowest BCUT2D eigenvalue weighted by Gasteiger charge is -1.95. The van der Waals surface area contributed by atoms with E-state index in [1.165, 1.54) is 0 Å². The minimum Gasteiger partial charge on any atom is -0.481 e. The van der Waals surface area contributed by atoms with Crippen molar-refractivity contribution < 1.29 is 9.90 Å². The quantitative estimate of drug-likeness (QED) is 0.861. The van der Waals surface area contributed by atoms with Crippen LogP contribution in [-0.4, -0.2) is 20.9 Å². The van der Waals surface area contributed by atoms with E-state index in [-0.39, 0.29) is 6.42 Å². The Labute approximate surface area is 90.8 Å². The number of carbonyl (C=O) groups is 1. The molecule has 0 aliphatic rings. The highest BCUT2D eigenvalue weighted by molar-refractivity contribution is 7.13. The highest BCUT2D eigenvalue weighted by Gasteiger charge is 2.13. The van der Waals surface area contributed by atoms with Gasteiger partial charge in [0.05, 0.1) is 11.3 Å². The van der Waals surface area contributed by atoms with E-state index < -0.39 is 5.97 Å². The Kier molecular flexibility index (Phi) is 2.55. The number of thiophene rings is 1. The number of aryl methyl sites for hydroxylation is 1. The van der Waals surface area contributed by atoms with E-state index in [0.717, 1.165) is 16.1 Å². The van der Waals surface area contributed by atoms with Gasteiger partial charge < -0.3 is 5.11 Å². The maximum atomic E-state index is 10.7. The number of nitrogens with zero attached hydrogens (tertiary/aromatic N) is 2. The first kappa shape index (κ1) is 9.92. The molecule has 1 N–H and O–H groups in total. The van der Waals surface area contributed by atoms with Crippen molar-refractivity contribution in [3.63, 3.8) is 0 Å². The number of rotatable bonds is 3. The van der Waals surface area contributed by atoms with E-state index >= 15 is 0 Å². The van der Waals surface area contributed by atoms with E-state index in [2.05, 4.69) is 5.10 Å². The molecule has 0 saturated carbocycles. The van der Waals surface area contributed by atoms with Crippen LogP contribution >= 0.6 is 11.3 Å². The standard InChI is InChI=1S/C10H10N2O2S/c1-12-6-7(5-9(13)14)10(11-12)8-3-2-4-15-8/h2-4,6H,5H2,1H3,(H,13,14). The summed E-state index contributed by atoms with van der Waals surface area (Å²) in [5.41, 5.74) is 1.53. The fourth-order valence-electron chi connectivity index (χ4n) is 1.45. The molecule has 0 aliphatic heterocycles. The van der Waals surface area contributed by atoms with Gasteiger partial charge in [0, 0.05) is 18.8 Å². The van der Waals surface area contributed by atoms with Crippen molar-refractivity contribution in [2.24, 2.45) is 7.05 Å². The summed E-state index contributed by atoms with van der Waals surface area (Å²) in [5.74, 6) is -0.833. The topological polar surface area (TPSA) is 55.1 Å². The van der Waals surface area contributed by atoms with Crippen LogP contribution < -0.4 is 0 Å². The first-order valence-electron chi connectivity index (χ1n) is 4.45. The molecule has 2 rings (SSSR count). The second-order valence-corrected chi connectivity index (χ2v) is 4.17. The van der Waals surface area contributed by atoms with Crippen molar-refractivity contribution >= 4 is 17.3 Å². The zero-order chi connectivity index (χ0) is 10.8. The van der Waals surface area contributed by atoms with Gasteiger partial charge in [-0.05, 0) is 11.4 Å². The third kappa shape index (κ3) is 2.07. The van der Waals surface area contributed by atoms with Gasteiger partial charge in [-0.3, -0.25) is 9.48 Å². The van der Waals surface area contributed by atoms with Gasteiger partial charge in [-0.15, -0.1) is 11.3 Å². The average Bonchev–Trinajstić information content (AvgIpc) is 2.72. The molecule has 0 fully saturated rings. The fraction of sp³-hybridized carbons (Fsp3) is 0.200. The molecule has 2 aromatic rings. The minimum absolute atomic E-state index is 0.0150. The number of carboxylic acids is 1.